The number of nitrogens with zero attached hydrogens (tertiary/aromatic N) is 3. The average molecular weight is 759 g/mol. The van der Waals surface area contributed by atoms with Gasteiger partial charge in [0.1, 0.15) is 0 Å². The van der Waals surface area contributed by atoms with Crippen molar-refractivity contribution in [3.8, 4) is 22.3 Å². The maximum Gasteiger partial charge on any atom is 0.0727 e. The Kier molecular flexibility index (Phi) is 6.31. The lowest BCUT2D eigenvalue weighted by Gasteiger charge is -2.33. The topological polar surface area (TPSA) is 11.4 Å². The van der Waals surface area contributed by atoms with Crippen molar-refractivity contribution >= 4 is 55.9 Å². The predicted molar refractivity (Wildman–Crippen MR) is 246 cm³/mol. The first-order valence-electron chi connectivity index (χ1n) is 22.5. The molecule has 59 heavy (non-hydrogen) atoms. The van der Waals surface area contributed by atoms with E-state index < -0.39 is 11.5 Å². The molecule has 2 aliphatic carbocycles. The van der Waals surface area contributed by atoms with E-state index in [4.69, 9.17) is 4.11 Å². The summed E-state index contributed by atoms with van der Waals surface area (Å²) in [5.41, 5.74) is 14.9. The van der Waals surface area contributed by atoms with Gasteiger partial charge in [0.2, 0.25) is 0 Å². The summed E-state index contributed by atoms with van der Waals surface area (Å²) in [6, 6.07) is 64.1. The molecule has 10 aromatic rings. The smallest absolute Gasteiger partial charge is 0.0727 e. The summed E-state index contributed by atoms with van der Waals surface area (Å²) < 4.78 is 47.4. The van der Waals surface area contributed by atoms with Gasteiger partial charge in [-0.25, -0.2) is 0 Å². The van der Waals surface area contributed by atoms with Crippen LogP contribution in [0.25, 0.3) is 44.1 Å². The highest BCUT2D eigenvalue weighted by Crippen LogP contribution is 2.64. The number of hydrogen-bond acceptors (Lipinski definition) is 2. The quantitative estimate of drug-likeness (QED) is 0.167. The second-order valence-electron chi connectivity index (χ2n) is 15.4. The minimum atomic E-state index is -0.764. The number of rotatable bonds is 6. The van der Waals surface area contributed by atoms with Crippen molar-refractivity contribution < 1.29 is 6.85 Å². The molecule has 0 saturated heterocycles. The molecule has 3 heteroatoms. The van der Waals surface area contributed by atoms with E-state index in [0.29, 0.717) is 11.4 Å². The first-order valence-corrected chi connectivity index (χ1v) is 20.0. The molecule has 0 N–H and O–H groups in total. The first kappa shape index (κ1) is 28.7. The molecule has 1 atom stereocenters. The SMILES string of the molecule is [2H]c1c([2H])c([2H])c(N(c2ccc3c(c2)C2(c4ccccc4-c4ccc(N(c5ccccc5)c5ccccc5)cc42)c2ccccc2-3)c2cccc3c2c2ccccc2n3C)c([2H])c1[2H]. The number of fused-ring (bicyclic) bond motifs is 13. The molecule has 0 aliphatic heterocycles. The molecule has 0 bridgehead atoms. The second-order valence-corrected chi connectivity index (χ2v) is 15.4. The Balaban J connectivity index is 1.18. The zero-order valence-electron chi connectivity index (χ0n) is 37.2. The molecule has 0 fully saturated rings. The molecule has 1 aromatic heterocycles. The van der Waals surface area contributed by atoms with Gasteiger partial charge in [-0.1, -0.05) is 139 Å². The van der Waals surface area contributed by atoms with Gasteiger partial charge in [0, 0.05) is 51.8 Å². The van der Waals surface area contributed by atoms with Crippen LogP contribution in [-0.4, -0.2) is 4.57 Å². The molecule has 2 aliphatic rings. The lowest BCUT2D eigenvalue weighted by Crippen LogP contribution is -2.26. The van der Waals surface area contributed by atoms with Gasteiger partial charge in [0.25, 0.3) is 0 Å². The lowest BCUT2D eigenvalue weighted by molar-refractivity contribution is 0.793. The number of aromatic nitrogens is 1. The zero-order valence-corrected chi connectivity index (χ0v) is 32.2. The molecular formula is C56H39N3. The summed E-state index contributed by atoms with van der Waals surface area (Å²) in [7, 11) is 2.04. The van der Waals surface area contributed by atoms with Crippen molar-refractivity contribution in [2.24, 2.45) is 7.05 Å². The molecule has 12 rings (SSSR count). The molecule has 9 aromatic carbocycles. The fourth-order valence-electron chi connectivity index (χ4n) is 10.1. The second kappa shape index (κ2) is 13.0. The molecule has 0 amide bonds. The Labute approximate surface area is 351 Å². The van der Waals surface area contributed by atoms with E-state index >= 15 is 0 Å². The van der Waals surface area contributed by atoms with E-state index in [0.717, 1.165) is 72.2 Å². The molecule has 0 radical (unpaired) electrons. The van der Waals surface area contributed by atoms with Crippen molar-refractivity contribution in [2.45, 2.75) is 5.41 Å². The summed E-state index contributed by atoms with van der Waals surface area (Å²) in [6.07, 6.45) is 0. The van der Waals surface area contributed by atoms with Crippen LogP contribution in [0.3, 0.4) is 0 Å². The minimum Gasteiger partial charge on any atom is -0.344 e. The first-order chi connectivity index (χ1) is 31.3. The van der Waals surface area contributed by atoms with Crippen LogP contribution in [0.1, 0.15) is 29.1 Å². The van der Waals surface area contributed by atoms with Crippen LogP contribution in [0.2, 0.25) is 0 Å². The highest BCUT2D eigenvalue weighted by Gasteiger charge is 2.52. The highest BCUT2D eigenvalue weighted by atomic mass is 15.2. The summed E-state index contributed by atoms with van der Waals surface area (Å²) in [5, 5.41) is 1.93. The van der Waals surface area contributed by atoms with Gasteiger partial charge in [-0.3, -0.25) is 0 Å². The molecular weight excluding hydrogens is 715 g/mol. The standard InChI is InChI=1S/C56H39N3/c1-57-52-29-16-13-26-47(52)55-53(57)30-17-31-54(55)59(40-22-9-4-10-23-40)42-33-35-46-44-25-12-15-28-49(44)56(51(46)37-42)48-27-14-11-24-43(48)45-34-32-41(36-50(45)56)58(38-18-5-2-6-19-38)39-20-7-3-8-21-39/h2-37H,1H3/i4D,9D,10D,22D,23D. The maximum atomic E-state index is 9.43. The van der Waals surface area contributed by atoms with Crippen molar-refractivity contribution in [3.63, 3.8) is 0 Å². The van der Waals surface area contributed by atoms with Crippen LogP contribution in [0, 0.1) is 0 Å². The number of aryl methyl sites for hydroxylation is 1. The van der Waals surface area contributed by atoms with Crippen molar-refractivity contribution in [1.82, 2.24) is 4.57 Å². The van der Waals surface area contributed by atoms with Gasteiger partial charge < -0.3 is 14.4 Å². The van der Waals surface area contributed by atoms with Crippen LogP contribution >= 0.6 is 0 Å². The van der Waals surface area contributed by atoms with Gasteiger partial charge in [-0.05, 0) is 123 Å². The average Bonchev–Trinajstić information content (AvgIpc) is 3.93. The van der Waals surface area contributed by atoms with Crippen LogP contribution in [0.4, 0.5) is 34.1 Å². The summed E-state index contributed by atoms with van der Waals surface area (Å²) in [6.45, 7) is 0. The van der Waals surface area contributed by atoms with E-state index in [9.17, 15) is 2.74 Å². The van der Waals surface area contributed by atoms with Crippen molar-refractivity contribution in [1.29, 1.82) is 0 Å². The Morgan fingerprint density at radius 1 is 0.407 bits per heavy atom. The van der Waals surface area contributed by atoms with Crippen molar-refractivity contribution in [3.05, 3.63) is 241 Å². The van der Waals surface area contributed by atoms with Crippen LogP contribution in [0.5, 0.6) is 0 Å². The van der Waals surface area contributed by atoms with E-state index in [1.165, 1.54) is 11.1 Å². The number of hydrogen-bond donors (Lipinski definition) is 0. The third-order valence-corrected chi connectivity index (χ3v) is 12.5. The monoisotopic (exact) mass is 758 g/mol. The Hall–Kier alpha value is -7.62. The minimum absolute atomic E-state index is 0.0896. The third kappa shape index (κ3) is 4.76. The van der Waals surface area contributed by atoms with Gasteiger partial charge in [-0.15, -0.1) is 0 Å². The Morgan fingerprint density at radius 2 is 0.915 bits per heavy atom. The number of benzene rings is 9. The molecule has 1 spiro atoms. The maximum absolute atomic E-state index is 9.43. The van der Waals surface area contributed by atoms with Gasteiger partial charge in [0.05, 0.1) is 23.5 Å². The summed E-state index contributed by atoms with van der Waals surface area (Å²) in [4.78, 5) is 4.21. The fourth-order valence-corrected chi connectivity index (χ4v) is 10.1. The summed E-state index contributed by atoms with van der Waals surface area (Å²) >= 11 is 0. The third-order valence-electron chi connectivity index (χ3n) is 12.5. The van der Waals surface area contributed by atoms with E-state index in [1.54, 1.807) is 0 Å². The van der Waals surface area contributed by atoms with Gasteiger partial charge in [0.15, 0.2) is 0 Å². The number of anilines is 6. The molecule has 0 saturated carbocycles. The largest absolute Gasteiger partial charge is 0.344 e. The molecule has 1 heterocycles. The lowest BCUT2D eigenvalue weighted by atomic mass is 9.70. The molecule has 1 unspecified atom stereocenters. The normalized spacial score (nSPS) is 15.8. The van der Waals surface area contributed by atoms with E-state index in [1.807, 2.05) is 54.4 Å². The molecule has 278 valence electrons. The van der Waals surface area contributed by atoms with Gasteiger partial charge >= 0.3 is 0 Å². The Morgan fingerprint density at radius 3 is 1.54 bits per heavy atom. The summed E-state index contributed by atoms with van der Waals surface area (Å²) in [5.74, 6) is 0. The van der Waals surface area contributed by atoms with E-state index in [2.05, 4.69) is 155 Å². The van der Waals surface area contributed by atoms with E-state index in [-0.39, 0.29) is 29.9 Å². The molecule has 3 nitrogen and oxygen atoms in total. The van der Waals surface area contributed by atoms with Crippen molar-refractivity contribution in [2.75, 3.05) is 9.80 Å². The van der Waals surface area contributed by atoms with Crippen LogP contribution in [-0.2, 0) is 12.5 Å². The van der Waals surface area contributed by atoms with Crippen LogP contribution < -0.4 is 9.80 Å². The number of para-hydroxylation sites is 4. The fraction of sp³-hybridized carbons (Fsp3) is 0.0357. The highest BCUT2D eigenvalue weighted by molar-refractivity contribution is 6.15. The van der Waals surface area contributed by atoms with Crippen LogP contribution in [0.15, 0.2) is 218 Å². The van der Waals surface area contributed by atoms with Gasteiger partial charge in [-0.2, -0.15) is 0 Å². The predicted octanol–water partition coefficient (Wildman–Crippen LogP) is 14.6. The Bertz CT molecular complexity index is 3470. The zero-order chi connectivity index (χ0) is 43.4.